The molecule has 2 aromatic rings. The van der Waals surface area contributed by atoms with Gasteiger partial charge in [-0.25, -0.2) is 9.37 Å². The molecule has 1 aliphatic heterocycles. The molecule has 1 atom stereocenters. The second kappa shape index (κ2) is 7.91. The molecule has 1 aliphatic rings. The molecular weight excluding hydrogens is 347 g/mol. The van der Waals surface area contributed by atoms with Crippen molar-refractivity contribution in [3.8, 4) is 5.88 Å². The molecule has 25 heavy (non-hydrogen) atoms. The molecule has 1 saturated heterocycles. The minimum atomic E-state index is -0.424. The van der Waals surface area contributed by atoms with Crippen LogP contribution in [-0.2, 0) is 11.2 Å². The quantitative estimate of drug-likeness (QED) is 0.653. The Labute approximate surface area is 150 Å². The van der Waals surface area contributed by atoms with E-state index in [-0.39, 0.29) is 29.3 Å². The van der Waals surface area contributed by atoms with Crippen LogP contribution in [0, 0.1) is 5.82 Å². The molecule has 3 rings (SSSR count). The van der Waals surface area contributed by atoms with E-state index >= 15 is 0 Å². The zero-order valence-corrected chi connectivity index (χ0v) is 14.5. The van der Waals surface area contributed by atoms with Gasteiger partial charge in [0.05, 0.1) is 19.8 Å². The fourth-order valence-corrected chi connectivity index (χ4v) is 2.90. The summed E-state index contributed by atoms with van der Waals surface area (Å²) in [6.07, 6.45) is -0.240. The molecule has 0 saturated carbocycles. The number of ketones is 1. The third kappa shape index (κ3) is 4.34. The van der Waals surface area contributed by atoms with Crippen LogP contribution in [0.5, 0.6) is 5.88 Å². The van der Waals surface area contributed by atoms with E-state index in [2.05, 4.69) is 10.3 Å². The molecule has 1 N–H and O–H groups in total. The average molecular weight is 365 g/mol. The van der Waals surface area contributed by atoms with E-state index in [9.17, 15) is 9.18 Å². The standard InChI is InChI=1S/C18H18ClFN2O3/c1-24-18-9-13(8-17(19)22-18)15(23)7-11-2-3-12(6-14(11)20)16-10-21-4-5-25-16/h2-3,6,8-9,16,21H,4-5,7,10H2,1H3/t16-/m0/s1. The molecule has 132 valence electrons. The number of nitrogens with zero attached hydrogens (tertiary/aromatic N) is 1. The van der Waals surface area contributed by atoms with Crippen molar-refractivity contribution in [3.05, 3.63) is 58.0 Å². The number of pyridine rings is 1. The van der Waals surface area contributed by atoms with Crippen molar-refractivity contribution in [3.63, 3.8) is 0 Å². The Morgan fingerprint density at radius 3 is 2.96 bits per heavy atom. The van der Waals surface area contributed by atoms with Crippen LogP contribution in [0.3, 0.4) is 0 Å². The molecular formula is C18H18ClFN2O3. The third-order valence-electron chi connectivity index (χ3n) is 4.03. The molecule has 0 spiro atoms. The van der Waals surface area contributed by atoms with Gasteiger partial charge in [0.1, 0.15) is 11.0 Å². The van der Waals surface area contributed by atoms with Crippen molar-refractivity contribution in [2.24, 2.45) is 0 Å². The number of hydrogen-bond donors (Lipinski definition) is 1. The molecule has 1 fully saturated rings. The summed E-state index contributed by atoms with van der Waals surface area (Å²) in [6, 6.07) is 7.78. The minimum Gasteiger partial charge on any atom is -0.481 e. The molecule has 0 aliphatic carbocycles. The minimum absolute atomic E-state index is 0.0701. The number of hydrogen-bond acceptors (Lipinski definition) is 5. The second-order valence-electron chi connectivity index (χ2n) is 5.74. The number of methoxy groups -OCH3 is 1. The summed E-state index contributed by atoms with van der Waals surface area (Å²) in [6.45, 7) is 2.04. The molecule has 7 heteroatoms. The third-order valence-corrected chi connectivity index (χ3v) is 4.22. The maximum Gasteiger partial charge on any atom is 0.215 e. The van der Waals surface area contributed by atoms with Gasteiger partial charge in [-0.1, -0.05) is 23.7 Å². The van der Waals surface area contributed by atoms with E-state index < -0.39 is 5.82 Å². The fourth-order valence-electron chi connectivity index (χ4n) is 2.70. The van der Waals surface area contributed by atoms with Crippen molar-refractivity contribution in [1.29, 1.82) is 0 Å². The second-order valence-corrected chi connectivity index (χ2v) is 6.12. The van der Waals surface area contributed by atoms with Crippen molar-refractivity contribution in [1.82, 2.24) is 10.3 Å². The van der Waals surface area contributed by atoms with Gasteiger partial charge in [0.2, 0.25) is 5.88 Å². The van der Waals surface area contributed by atoms with Gasteiger partial charge >= 0.3 is 0 Å². The molecule has 5 nitrogen and oxygen atoms in total. The van der Waals surface area contributed by atoms with Gasteiger partial charge in [-0.2, -0.15) is 0 Å². The Morgan fingerprint density at radius 2 is 2.28 bits per heavy atom. The first kappa shape index (κ1) is 17.8. The number of benzene rings is 1. The number of carbonyl (C=O) groups excluding carboxylic acids is 1. The van der Waals surface area contributed by atoms with E-state index in [4.69, 9.17) is 21.1 Å². The van der Waals surface area contributed by atoms with E-state index in [0.717, 1.165) is 12.1 Å². The van der Waals surface area contributed by atoms with E-state index in [1.165, 1.54) is 25.3 Å². The van der Waals surface area contributed by atoms with Gasteiger partial charge in [0, 0.05) is 31.1 Å². The van der Waals surface area contributed by atoms with Crippen LogP contribution < -0.4 is 10.1 Å². The zero-order valence-electron chi connectivity index (χ0n) is 13.7. The predicted octanol–water partition coefficient (Wildman–Crippen LogP) is 2.97. The lowest BCUT2D eigenvalue weighted by Crippen LogP contribution is -2.33. The van der Waals surface area contributed by atoms with Gasteiger partial charge < -0.3 is 14.8 Å². The summed E-state index contributed by atoms with van der Waals surface area (Å²) >= 11 is 5.88. The number of aromatic nitrogens is 1. The summed E-state index contributed by atoms with van der Waals surface area (Å²) in [5, 5.41) is 3.36. The van der Waals surface area contributed by atoms with Crippen LogP contribution in [0.2, 0.25) is 5.15 Å². The zero-order chi connectivity index (χ0) is 17.8. The van der Waals surface area contributed by atoms with Crippen molar-refractivity contribution >= 4 is 17.4 Å². The molecule has 1 aromatic carbocycles. The van der Waals surface area contributed by atoms with Crippen LogP contribution in [0.4, 0.5) is 4.39 Å². The Morgan fingerprint density at radius 1 is 1.44 bits per heavy atom. The molecule has 1 aromatic heterocycles. The highest BCUT2D eigenvalue weighted by Gasteiger charge is 2.18. The Hall–Kier alpha value is -2.02. The van der Waals surface area contributed by atoms with Gasteiger partial charge in [0.15, 0.2) is 5.78 Å². The van der Waals surface area contributed by atoms with Crippen molar-refractivity contribution in [2.75, 3.05) is 26.8 Å². The number of halogens is 2. The molecule has 0 unspecified atom stereocenters. The summed E-state index contributed by atoms with van der Waals surface area (Å²) in [4.78, 5) is 16.3. The Kier molecular flexibility index (Phi) is 5.63. The number of ether oxygens (including phenoxy) is 2. The van der Waals surface area contributed by atoms with Gasteiger partial charge in [-0.3, -0.25) is 4.79 Å². The number of rotatable bonds is 5. The van der Waals surface area contributed by atoms with E-state index in [1.807, 2.05) is 0 Å². The highest BCUT2D eigenvalue weighted by atomic mass is 35.5. The number of Topliss-reactive ketones (excluding diaryl/α,β-unsaturated/α-hetero) is 1. The van der Waals surface area contributed by atoms with Crippen LogP contribution in [0.25, 0.3) is 0 Å². The highest BCUT2D eigenvalue weighted by molar-refractivity contribution is 6.29. The smallest absolute Gasteiger partial charge is 0.215 e. The molecule has 0 bridgehead atoms. The fraction of sp³-hybridized carbons (Fsp3) is 0.333. The molecule has 0 radical (unpaired) electrons. The van der Waals surface area contributed by atoms with Gasteiger partial charge in [-0.15, -0.1) is 0 Å². The van der Waals surface area contributed by atoms with Crippen molar-refractivity contribution in [2.45, 2.75) is 12.5 Å². The summed E-state index contributed by atoms with van der Waals surface area (Å²) < 4.78 is 25.0. The van der Waals surface area contributed by atoms with Gasteiger partial charge in [0.25, 0.3) is 0 Å². The maximum atomic E-state index is 14.4. The van der Waals surface area contributed by atoms with Crippen LogP contribution in [-0.4, -0.2) is 37.6 Å². The first-order valence-corrected chi connectivity index (χ1v) is 8.30. The average Bonchev–Trinajstić information content (AvgIpc) is 2.63. The summed E-state index contributed by atoms with van der Waals surface area (Å²) in [5.74, 6) is -0.439. The predicted molar refractivity (Wildman–Crippen MR) is 91.8 cm³/mol. The lowest BCUT2D eigenvalue weighted by atomic mass is 10.00. The van der Waals surface area contributed by atoms with Crippen LogP contribution in [0.15, 0.2) is 30.3 Å². The SMILES string of the molecule is COc1cc(C(=O)Cc2ccc([C@@H]3CNCCO3)cc2F)cc(Cl)n1. The van der Waals surface area contributed by atoms with Crippen molar-refractivity contribution < 1.29 is 18.7 Å². The molecule has 2 heterocycles. The van der Waals surface area contributed by atoms with E-state index in [0.29, 0.717) is 24.3 Å². The normalized spacial score (nSPS) is 17.3. The maximum absolute atomic E-state index is 14.4. The summed E-state index contributed by atoms with van der Waals surface area (Å²) in [7, 11) is 1.44. The number of carbonyl (C=O) groups is 1. The Balaban J connectivity index is 1.76. The van der Waals surface area contributed by atoms with Crippen LogP contribution >= 0.6 is 11.6 Å². The molecule has 0 amide bonds. The van der Waals surface area contributed by atoms with Crippen LogP contribution in [0.1, 0.15) is 27.6 Å². The number of nitrogens with one attached hydrogen (secondary N) is 1. The number of morpholine rings is 1. The first-order chi connectivity index (χ1) is 12.1. The lowest BCUT2D eigenvalue weighted by molar-refractivity contribution is 0.0275. The van der Waals surface area contributed by atoms with E-state index in [1.54, 1.807) is 12.1 Å². The monoisotopic (exact) mass is 364 g/mol. The van der Waals surface area contributed by atoms with Gasteiger partial charge in [-0.05, 0) is 23.3 Å². The lowest BCUT2D eigenvalue weighted by Gasteiger charge is -2.24. The largest absolute Gasteiger partial charge is 0.481 e. The Bertz CT molecular complexity index is 779. The summed E-state index contributed by atoms with van der Waals surface area (Å²) in [5.41, 5.74) is 1.42. The topological polar surface area (TPSA) is 60.5 Å². The first-order valence-electron chi connectivity index (χ1n) is 7.92. The highest BCUT2D eigenvalue weighted by Crippen LogP contribution is 2.23.